The lowest BCUT2D eigenvalue weighted by Gasteiger charge is -2.14. The zero-order valence-electron chi connectivity index (χ0n) is 11.9. The number of para-hydroxylation sites is 1. The van der Waals surface area contributed by atoms with Crippen LogP contribution in [0.4, 0.5) is 5.69 Å². The van der Waals surface area contributed by atoms with Crippen LogP contribution < -0.4 is 15.3 Å². The number of ether oxygens (including phenoxy) is 1. The Kier molecular flexibility index (Phi) is 4.59. The van der Waals surface area contributed by atoms with Gasteiger partial charge in [0.15, 0.2) is 0 Å². The smallest absolute Gasteiger partial charge is 0.287 e. The number of benzene rings is 1. The summed E-state index contributed by atoms with van der Waals surface area (Å²) in [5.74, 6) is 0.711. The SMILES string of the molecule is COc1ccccc1/C=N/N(C)c1cnn(C)c(=O)c1Cl. The van der Waals surface area contributed by atoms with Gasteiger partial charge in [-0.3, -0.25) is 9.80 Å². The van der Waals surface area contributed by atoms with E-state index in [0.717, 1.165) is 5.56 Å². The lowest BCUT2D eigenvalue weighted by molar-refractivity contribution is 0.414. The van der Waals surface area contributed by atoms with Crippen molar-refractivity contribution in [2.45, 2.75) is 0 Å². The van der Waals surface area contributed by atoms with Crippen LogP contribution in [0.1, 0.15) is 5.56 Å². The van der Waals surface area contributed by atoms with Gasteiger partial charge in [0.25, 0.3) is 5.56 Å². The quantitative estimate of drug-likeness (QED) is 0.639. The summed E-state index contributed by atoms with van der Waals surface area (Å²) in [6.45, 7) is 0. The van der Waals surface area contributed by atoms with Crippen molar-refractivity contribution in [1.82, 2.24) is 9.78 Å². The summed E-state index contributed by atoms with van der Waals surface area (Å²) in [4.78, 5) is 11.7. The minimum Gasteiger partial charge on any atom is -0.496 e. The number of aromatic nitrogens is 2. The first-order chi connectivity index (χ1) is 10.0. The van der Waals surface area contributed by atoms with Crippen LogP contribution in [0.2, 0.25) is 5.02 Å². The first-order valence-electron chi connectivity index (χ1n) is 6.17. The van der Waals surface area contributed by atoms with Gasteiger partial charge in [0.2, 0.25) is 0 Å². The maximum atomic E-state index is 11.7. The highest BCUT2D eigenvalue weighted by atomic mass is 35.5. The molecule has 1 aromatic heterocycles. The number of hydrogen-bond acceptors (Lipinski definition) is 5. The lowest BCUT2D eigenvalue weighted by atomic mass is 10.2. The molecule has 6 nitrogen and oxygen atoms in total. The second kappa shape index (κ2) is 6.41. The Labute approximate surface area is 127 Å². The summed E-state index contributed by atoms with van der Waals surface area (Å²) in [5, 5.41) is 9.75. The molecule has 0 amide bonds. The van der Waals surface area contributed by atoms with E-state index in [1.807, 2.05) is 24.3 Å². The second-order valence-electron chi connectivity index (χ2n) is 4.28. The van der Waals surface area contributed by atoms with E-state index in [0.29, 0.717) is 11.4 Å². The van der Waals surface area contributed by atoms with Gasteiger partial charge in [-0.25, -0.2) is 4.68 Å². The third-order valence-corrected chi connectivity index (χ3v) is 3.27. The molecule has 7 heteroatoms. The van der Waals surface area contributed by atoms with Gasteiger partial charge >= 0.3 is 0 Å². The van der Waals surface area contributed by atoms with Gasteiger partial charge in [-0.2, -0.15) is 10.2 Å². The number of methoxy groups -OCH3 is 1. The Morgan fingerprint density at radius 1 is 1.43 bits per heavy atom. The van der Waals surface area contributed by atoms with Crippen LogP contribution in [-0.2, 0) is 7.05 Å². The van der Waals surface area contributed by atoms with Crippen LogP contribution in [0.5, 0.6) is 5.75 Å². The van der Waals surface area contributed by atoms with Crippen LogP contribution in [0.3, 0.4) is 0 Å². The van der Waals surface area contributed by atoms with Crippen molar-refractivity contribution in [2.24, 2.45) is 12.1 Å². The summed E-state index contributed by atoms with van der Waals surface area (Å²) in [7, 11) is 4.82. The molecule has 0 radical (unpaired) electrons. The fourth-order valence-corrected chi connectivity index (χ4v) is 2.01. The lowest BCUT2D eigenvalue weighted by Crippen LogP contribution is -2.23. The normalized spacial score (nSPS) is 10.9. The molecule has 0 saturated heterocycles. The first-order valence-corrected chi connectivity index (χ1v) is 6.55. The number of nitrogens with zero attached hydrogens (tertiary/aromatic N) is 4. The summed E-state index contributed by atoms with van der Waals surface area (Å²) >= 11 is 6.02. The van der Waals surface area contributed by atoms with Gasteiger partial charge < -0.3 is 4.74 Å². The van der Waals surface area contributed by atoms with Gasteiger partial charge in [-0.15, -0.1) is 0 Å². The van der Waals surface area contributed by atoms with Crippen LogP contribution in [0.15, 0.2) is 40.4 Å². The van der Waals surface area contributed by atoms with Crippen molar-refractivity contribution < 1.29 is 4.74 Å². The molecule has 1 aromatic carbocycles. The maximum Gasteiger partial charge on any atom is 0.287 e. The van der Waals surface area contributed by atoms with E-state index < -0.39 is 0 Å². The third kappa shape index (κ3) is 3.22. The van der Waals surface area contributed by atoms with E-state index in [1.54, 1.807) is 20.4 Å². The zero-order valence-corrected chi connectivity index (χ0v) is 12.7. The number of anilines is 1. The Morgan fingerprint density at radius 2 is 2.14 bits per heavy atom. The van der Waals surface area contributed by atoms with E-state index in [1.165, 1.54) is 22.9 Å². The van der Waals surface area contributed by atoms with Gasteiger partial charge in [0.1, 0.15) is 16.5 Å². The van der Waals surface area contributed by atoms with Crippen molar-refractivity contribution in [2.75, 3.05) is 19.2 Å². The number of rotatable bonds is 4. The van der Waals surface area contributed by atoms with Crippen LogP contribution >= 0.6 is 11.6 Å². The third-order valence-electron chi connectivity index (χ3n) is 2.92. The van der Waals surface area contributed by atoms with Crippen molar-refractivity contribution in [3.8, 4) is 5.75 Å². The minimum atomic E-state index is -0.367. The molecule has 0 fully saturated rings. The van der Waals surface area contributed by atoms with Crippen molar-refractivity contribution in [1.29, 1.82) is 0 Å². The van der Waals surface area contributed by atoms with Crippen LogP contribution in [0, 0.1) is 0 Å². The van der Waals surface area contributed by atoms with E-state index >= 15 is 0 Å². The largest absolute Gasteiger partial charge is 0.496 e. The number of halogens is 1. The Morgan fingerprint density at radius 3 is 2.86 bits per heavy atom. The average Bonchev–Trinajstić information content (AvgIpc) is 2.50. The first kappa shape index (κ1) is 15.1. The molecule has 2 aromatic rings. The van der Waals surface area contributed by atoms with Crippen molar-refractivity contribution >= 4 is 23.5 Å². The average molecular weight is 307 g/mol. The van der Waals surface area contributed by atoms with Gasteiger partial charge in [-0.05, 0) is 12.1 Å². The van der Waals surface area contributed by atoms with Crippen LogP contribution in [0.25, 0.3) is 0 Å². The fraction of sp³-hybridized carbons (Fsp3) is 0.214. The molecule has 0 aliphatic carbocycles. The molecular formula is C14H15ClN4O2. The number of hydrazone groups is 1. The van der Waals surface area contributed by atoms with Gasteiger partial charge in [0.05, 0.1) is 19.5 Å². The molecule has 0 spiro atoms. The molecule has 2 rings (SSSR count). The van der Waals surface area contributed by atoms with Gasteiger partial charge in [0, 0.05) is 19.7 Å². The highest BCUT2D eigenvalue weighted by Gasteiger charge is 2.10. The molecule has 0 atom stereocenters. The van der Waals surface area contributed by atoms with E-state index in [9.17, 15) is 4.79 Å². The molecule has 0 aliphatic heterocycles. The molecule has 0 saturated carbocycles. The predicted molar refractivity (Wildman–Crippen MR) is 83.5 cm³/mol. The second-order valence-corrected chi connectivity index (χ2v) is 4.66. The molecule has 0 bridgehead atoms. The summed E-state index contributed by atoms with van der Waals surface area (Å²) in [5.41, 5.74) is 0.888. The maximum absolute atomic E-state index is 11.7. The Balaban J connectivity index is 2.30. The molecule has 0 aliphatic rings. The predicted octanol–water partition coefficient (Wildman–Crippen LogP) is 1.91. The number of hydrogen-bond donors (Lipinski definition) is 0. The molecule has 1 heterocycles. The van der Waals surface area contributed by atoms with Crippen molar-refractivity contribution in [3.05, 3.63) is 51.4 Å². The molecular weight excluding hydrogens is 292 g/mol. The summed E-state index contributed by atoms with van der Waals surface area (Å²) in [6, 6.07) is 7.48. The van der Waals surface area contributed by atoms with E-state index in [2.05, 4.69) is 10.2 Å². The van der Waals surface area contributed by atoms with Crippen LogP contribution in [-0.4, -0.2) is 30.2 Å². The molecule has 110 valence electrons. The van der Waals surface area contributed by atoms with E-state index in [-0.39, 0.29) is 10.6 Å². The molecule has 0 unspecified atom stereocenters. The number of aryl methyl sites for hydroxylation is 1. The summed E-state index contributed by atoms with van der Waals surface area (Å²) in [6.07, 6.45) is 3.12. The topological polar surface area (TPSA) is 59.7 Å². The van der Waals surface area contributed by atoms with E-state index in [4.69, 9.17) is 16.3 Å². The Bertz CT molecular complexity index is 727. The minimum absolute atomic E-state index is 0.0761. The fourth-order valence-electron chi connectivity index (χ4n) is 1.71. The zero-order chi connectivity index (χ0) is 15.4. The highest BCUT2D eigenvalue weighted by molar-refractivity contribution is 6.33. The Hall–Kier alpha value is -2.34. The monoisotopic (exact) mass is 306 g/mol. The van der Waals surface area contributed by atoms with Crippen molar-refractivity contribution in [3.63, 3.8) is 0 Å². The molecule has 21 heavy (non-hydrogen) atoms. The highest BCUT2D eigenvalue weighted by Crippen LogP contribution is 2.20. The van der Waals surface area contributed by atoms with Gasteiger partial charge in [-0.1, -0.05) is 23.7 Å². The molecule has 0 N–H and O–H groups in total. The summed E-state index contributed by atoms with van der Waals surface area (Å²) < 4.78 is 6.41. The standard InChI is InChI=1S/C14H15ClN4O2/c1-18(11-9-17-19(2)14(20)13(11)15)16-8-10-6-4-5-7-12(10)21-3/h4-9H,1-3H3/b16-8+.